The summed E-state index contributed by atoms with van der Waals surface area (Å²) < 4.78 is 65.1. The summed E-state index contributed by atoms with van der Waals surface area (Å²) >= 11 is 0. The summed E-state index contributed by atoms with van der Waals surface area (Å²) in [6.45, 7) is 0.0245. The number of piperidine rings is 1. The molecule has 0 radical (unpaired) electrons. The molecule has 1 saturated heterocycles. The number of alkyl halides is 5. The van der Waals surface area contributed by atoms with Gasteiger partial charge in [0.1, 0.15) is 6.04 Å². The number of halogens is 5. The van der Waals surface area contributed by atoms with Gasteiger partial charge in [-0.2, -0.15) is 13.2 Å². The molecule has 2 heterocycles. The zero-order valence-corrected chi connectivity index (χ0v) is 21.5. The number of carbonyl (C=O) groups excluding carboxylic acids is 3. The topological polar surface area (TPSA) is 90.5 Å². The van der Waals surface area contributed by atoms with E-state index in [1.807, 2.05) is 6.07 Å². The minimum absolute atomic E-state index is 0.0869. The van der Waals surface area contributed by atoms with E-state index in [0.717, 1.165) is 5.56 Å². The third kappa shape index (κ3) is 6.20. The first-order chi connectivity index (χ1) is 18.3. The fraction of sp³-hybridized carbons (Fsp3) is 0.667. The monoisotopic (exact) mass is 556 g/mol. The van der Waals surface area contributed by atoms with Gasteiger partial charge in [0.05, 0.1) is 6.42 Å². The highest BCUT2D eigenvalue weighted by atomic mass is 19.4. The van der Waals surface area contributed by atoms with Gasteiger partial charge in [-0.05, 0) is 56.6 Å². The van der Waals surface area contributed by atoms with Gasteiger partial charge in [-0.15, -0.1) is 0 Å². The molecule has 2 saturated carbocycles. The van der Waals surface area contributed by atoms with Crippen LogP contribution >= 0.6 is 0 Å². The van der Waals surface area contributed by atoms with Crippen LogP contribution in [0.4, 0.5) is 27.6 Å². The zero-order chi connectivity index (χ0) is 28.0. The maximum Gasteiger partial charge on any atom is 0.390 e. The second-order valence-electron chi connectivity index (χ2n) is 11.6. The van der Waals surface area contributed by atoms with Crippen molar-refractivity contribution in [3.8, 4) is 0 Å². The summed E-state index contributed by atoms with van der Waals surface area (Å²) in [5.41, 5.74) is 1.34. The predicted molar refractivity (Wildman–Crippen MR) is 132 cm³/mol. The van der Waals surface area contributed by atoms with Crippen molar-refractivity contribution in [1.29, 1.82) is 0 Å². The lowest BCUT2D eigenvalue weighted by atomic mass is 9.68. The van der Waals surface area contributed by atoms with Crippen molar-refractivity contribution in [3.05, 3.63) is 29.3 Å². The Morgan fingerprint density at radius 1 is 1.05 bits per heavy atom. The fourth-order valence-electron chi connectivity index (χ4n) is 6.64. The first-order valence-corrected chi connectivity index (χ1v) is 13.6. The van der Waals surface area contributed by atoms with Crippen molar-refractivity contribution >= 4 is 23.4 Å². The smallest absolute Gasteiger partial charge is 0.379 e. The Labute approximate surface area is 223 Å². The molecule has 2 aliphatic carbocycles. The van der Waals surface area contributed by atoms with E-state index in [1.54, 1.807) is 12.1 Å². The maximum absolute atomic E-state index is 13.7. The van der Waals surface area contributed by atoms with Crippen LogP contribution in [0.15, 0.2) is 18.2 Å². The predicted octanol–water partition coefficient (Wildman–Crippen LogP) is 4.52. The number of anilines is 1. The standard InChI is InChI=1S/C27H33F5N4O3/c28-26(29)13-16(14-26)12-25(8-6-17(7-9-25)33-11-10-27(30,31)32)35-20-3-1-2-18-19(20)15-36(24(18)39)21-4-5-22(37)34-23(21)38/h1-3,16-17,21,33,35H,4-15H2,(H,34,37,38). The largest absolute Gasteiger partial charge is 0.390 e. The van der Waals surface area contributed by atoms with Gasteiger partial charge < -0.3 is 15.5 Å². The van der Waals surface area contributed by atoms with Gasteiger partial charge in [-0.3, -0.25) is 19.7 Å². The first-order valence-electron chi connectivity index (χ1n) is 13.6. The number of fused-ring (bicyclic) bond motifs is 1. The number of rotatable bonds is 8. The second-order valence-corrected chi connectivity index (χ2v) is 11.6. The molecule has 1 aromatic carbocycles. The van der Waals surface area contributed by atoms with Crippen molar-refractivity contribution in [2.45, 2.75) is 100 Å². The highest BCUT2D eigenvalue weighted by molar-refractivity contribution is 6.06. The minimum Gasteiger partial charge on any atom is -0.379 e. The van der Waals surface area contributed by atoms with Crippen molar-refractivity contribution in [1.82, 2.24) is 15.5 Å². The quantitative estimate of drug-likeness (QED) is 0.324. The SMILES string of the molecule is O=C1CCC(N2Cc3c(NC4(CC5CC(F)(F)C5)CCC(NCCC(F)(F)F)CC4)cccc3C2=O)C(=O)N1. The number of hydrogen-bond acceptors (Lipinski definition) is 5. The summed E-state index contributed by atoms with van der Waals surface area (Å²) in [5.74, 6) is -3.99. The number of nitrogens with one attached hydrogen (secondary N) is 3. The Balaban J connectivity index is 1.31. The molecule has 1 atom stereocenters. The molecule has 0 spiro atoms. The van der Waals surface area contributed by atoms with Gasteiger partial charge in [0.2, 0.25) is 17.7 Å². The second kappa shape index (κ2) is 10.3. The van der Waals surface area contributed by atoms with Crippen LogP contribution in [0.3, 0.4) is 0 Å². The highest BCUT2D eigenvalue weighted by Gasteiger charge is 2.49. The van der Waals surface area contributed by atoms with Gasteiger partial charge in [0, 0.05) is 60.7 Å². The van der Waals surface area contributed by atoms with Crippen LogP contribution in [0.5, 0.6) is 0 Å². The molecule has 7 nitrogen and oxygen atoms in total. The number of carbonyl (C=O) groups is 3. The number of imide groups is 1. The fourth-order valence-corrected chi connectivity index (χ4v) is 6.64. The first kappa shape index (κ1) is 27.8. The average Bonchev–Trinajstić information content (AvgIpc) is 3.16. The zero-order valence-electron chi connectivity index (χ0n) is 21.5. The van der Waals surface area contributed by atoms with Crippen LogP contribution < -0.4 is 16.0 Å². The van der Waals surface area contributed by atoms with Gasteiger partial charge in [-0.1, -0.05) is 6.07 Å². The van der Waals surface area contributed by atoms with Crippen molar-refractivity contribution in [2.75, 3.05) is 11.9 Å². The number of benzene rings is 1. The Morgan fingerprint density at radius 2 is 1.77 bits per heavy atom. The molecule has 2 aliphatic heterocycles. The van der Waals surface area contributed by atoms with E-state index in [1.165, 1.54) is 4.90 Å². The van der Waals surface area contributed by atoms with Gasteiger partial charge in [-0.25, -0.2) is 8.78 Å². The molecule has 12 heteroatoms. The lowest BCUT2D eigenvalue weighted by molar-refractivity contribution is -0.137. The lowest BCUT2D eigenvalue weighted by Crippen LogP contribution is -2.52. The molecule has 0 aromatic heterocycles. The Kier molecular flexibility index (Phi) is 7.36. The molecule has 39 heavy (non-hydrogen) atoms. The van der Waals surface area contributed by atoms with Crippen molar-refractivity contribution in [3.63, 3.8) is 0 Å². The number of amides is 3. The molecular formula is C27H33F5N4O3. The molecule has 3 fully saturated rings. The Hall–Kier alpha value is -2.76. The van der Waals surface area contributed by atoms with E-state index >= 15 is 0 Å². The van der Waals surface area contributed by atoms with Gasteiger partial charge in [0.15, 0.2) is 0 Å². The van der Waals surface area contributed by atoms with Crippen LogP contribution in [-0.2, 0) is 16.1 Å². The molecule has 3 amide bonds. The van der Waals surface area contributed by atoms with Crippen LogP contribution in [0.1, 0.15) is 80.1 Å². The highest BCUT2D eigenvalue weighted by Crippen LogP contribution is 2.49. The molecule has 3 N–H and O–H groups in total. The lowest BCUT2D eigenvalue weighted by Gasteiger charge is -2.47. The third-order valence-corrected chi connectivity index (χ3v) is 8.62. The van der Waals surface area contributed by atoms with Crippen LogP contribution in [0.25, 0.3) is 0 Å². The molecule has 1 aromatic rings. The van der Waals surface area contributed by atoms with Crippen LogP contribution in [0.2, 0.25) is 0 Å². The van der Waals surface area contributed by atoms with E-state index in [4.69, 9.17) is 0 Å². The number of nitrogens with zero attached hydrogens (tertiary/aromatic N) is 1. The van der Waals surface area contributed by atoms with E-state index in [9.17, 15) is 36.3 Å². The van der Waals surface area contributed by atoms with E-state index in [0.29, 0.717) is 43.4 Å². The molecule has 0 bridgehead atoms. The van der Waals surface area contributed by atoms with Gasteiger partial charge >= 0.3 is 6.18 Å². The average molecular weight is 557 g/mol. The maximum atomic E-state index is 13.7. The molecule has 214 valence electrons. The summed E-state index contributed by atoms with van der Waals surface area (Å²) in [6.07, 6.45) is -2.21. The van der Waals surface area contributed by atoms with E-state index in [2.05, 4.69) is 16.0 Å². The summed E-state index contributed by atoms with van der Waals surface area (Å²) in [4.78, 5) is 38.7. The molecule has 5 rings (SSSR count). The summed E-state index contributed by atoms with van der Waals surface area (Å²) in [7, 11) is 0. The number of hydrogen-bond donors (Lipinski definition) is 3. The molecule has 4 aliphatic rings. The Bertz CT molecular complexity index is 1120. The van der Waals surface area contributed by atoms with Crippen molar-refractivity contribution < 1.29 is 36.3 Å². The molecular weight excluding hydrogens is 523 g/mol. The van der Waals surface area contributed by atoms with Crippen LogP contribution in [-0.4, -0.2) is 58.9 Å². The van der Waals surface area contributed by atoms with Crippen molar-refractivity contribution in [2.24, 2.45) is 5.92 Å². The molecule has 1 unspecified atom stereocenters. The third-order valence-electron chi connectivity index (χ3n) is 8.62. The minimum atomic E-state index is -4.23. The normalized spacial score (nSPS) is 29.2. The Morgan fingerprint density at radius 3 is 2.41 bits per heavy atom. The summed E-state index contributed by atoms with van der Waals surface area (Å²) in [6, 6.07) is 4.43. The summed E-state index contributed by atoms with van der Waals surface area (Å²) in [5, 5.41) is 8.88. The van der Waals surface area contributed by atoms with E-state index in [-0.39, 0.29) is 62.5 Å². The van der Waals surface area contributed by atoms with E-state index < -0.39 is 36.0 Å². The van der Waals surface area contributed by atoms with Gasteiger partial charge in [0.25, 0.3) is 5.91 Å². The van der Waals surface area contributed by atoms with Crippen LogP contribution in [0, 0.1) is 5.92 Å².